The molecule has 2 N–H and O–H groups in total. The quantitative estimate of drug-likeness (QED) is 0.741. The monoisotopic (exact) mass is 408 g/mol. The summed E-state index contributed by atoms with van der Waals surface area (Å²) in [5, 5.41) is 10.9. The lowest BCUT2D eigenvalue weighted by molar-refractivity contribution is -0.128. The van der Waals surface area contributed by atoms with Crippen molar-refractivity contribution in [3.8, 4) is 5.69 Å². The van der Waals surface area contributed by atoms with Crippen molar-refractivity contribution in [2.75, 3.05) is 6.54 Å². The molecule has 1 saturated carbocycles. The molecule has 1 fully saturated rings. The van der Waals surface area contributed by atoms with Gasteiger partial charge in [0.25, 0.3) is 5.91 Å². The first-order valence-corrected chi connectivity index (χ1v) is 11.4. The van der Waals surface area contributed by atoms with Crippen molar-refractivity contribution in [3.63, 3.8) is 0 Å². The molecule has 4 rings (SSSR count). The summed E-state index contributed by atoms with van der Waals surface area (Å²) >= 11 is 0. The standard InChI is InChI=1S/C24H32N4O2/c1-2-25-23(30)24(16-10-5-11-17-24)26-22(29)21-19-14-8-4-9-15-20(19)28(27-21)18-12-6-3-7-13-18/h3,6-7,12-13H,2,4-5,8-11,14-17H2,1H3,(H,25,30)(H,26,29). The van der Waals surface area contributed by atoms with Crippen LogP contribution in [0.5, 0.6) is 0 Å². The van der Waals surface area contributed by atoms with E-state index < -0.39 is 5.54 Å². The maximum Gasteiger partial charge on any atom is 0.272 e. The fourth-order valence-corrected chi connectivity index (χ4v) is 4.91. The lowest BCUT2D eigenvalue weighted by Gasteiger charge is -2.36. The highest BCUT2D eigenvalue weighted by atomic mass is 16.2. The first-order valence-electron chi connectivity index (χ1n) is 11.4. The van der Waals surface area contributed by atoms with Crippen LogP contribution in [0.4, 0.5) is 0 Å². The number of nitrogens with one attached hydrogen (secondary N) is 2. The molecular weight excluding hydrogens is 376 g/mol. The molecule has 0 saturated heterocycles. The fraction of sp³-hybridized carbons (Fsp3) is 0.542. The van der Waals surface area contributed by atoms with Crippen LogP contribution in [0.15, 0.2) is 30.3 Å². The van der Waals surface area contributed by atoms with E-state index >= 15 is 0 Å². The number of rotatable bonds is 5. The fourth-order valence-electron chi connectivity index (χ4n) is 4.91. The molecular formula is C24H32N4O2. The Labute approximate surface area is 178 Å². The van der Waals surface area contributed by atoms with Crippen LogP contribution in [0.1, 0.15) is 80.0 Å². The van der Waals surface area contributed by atoms with Crippen molar-refractivity contribution < 1.29 is 9.59 Å². The number of carbonyl (C=O) groups excluding carboxylic acids is 2. The number of fused-ring (bicyclic) bond motifs is 1. The van der Waals surface area contributed by atoms with Gasteiger partial charge in [0.05, 0.1) is 5.69 Å². The Bertz CT molecular complexity index is 897. The minimum Gasteiger partial charge on any atom is -0.354 e. The second-order valence-corrected chi connectivity index (χ2v) is 8.54. The van der Waals surface area contributed by atoms with Crippen molar-refractivity contribution in [1.82, 2.24) is 20.4 Å². The van der Waals surface area contributed by atoms with Crippen molar-refractivity contribution >= 4 is 11.8 Å². The summed E-state index contributed by atoms with van der Waals surface area (Å²) in [6.45, 7) is 2.48. The van der Waals surface area contributed by atoms with E-state index in [2.05, 4.69) is 10.6 Å². The largest absolute Gasteiger partial charge is 0.354 e. The number of likely N-dealkylation sites (N-methyl/N-ethyl adjacent to an activating group) is 1. The molecule has 0 atom stereocenters. The number of aromatic nitrogens is 2. The summed E-state index contributed by atoms with van der Waals surface area (Å²) < 4.78 is 1.94. The van der Waals surface area contributed by atoms with E-state index in [4.69, 9.17) is 5.10 Å². The molecule has 30 heavy (non-hydrogen) atoms. The van der Waals surface area contributed by atoms with E-state index in [0.29, 0.717) is 25.1 Å². The van der Waals surface area contributed by atoms with Gasteiger partial charge in [0.2, 0.25) is 5.91 Å². The molecule has 160 valence electrons. The molecule has 6 heteroatoms. The number of benzene rings is 1. The SMILES string of the molecule is CCNC(=O)C1(NC(=O)c2nn(-c3ccccc3)c3c2CCCCC3)CCCCC1. The van der Waals surface area contributed by atoms with E-state index in [-0.39, 0.29) is 11.8 Å². The summed E-state index contributed by atoms with van der Waals surface area (Å²) in [5.74, 6) is -0.275. The molecule has 0 spiro atoms. The van der Waals surface area contributed by atoms with Crippen LogP contribution in [0.3, 0.4) is 0 Å². The third-order valence-electron chi connectivity index (χ3n) is 6.48. The van der Waals surface area contributed by atoms with E-state index in [0.717, 1.165) is 68.3 Å². The van der Waals surface area contributed by atoms with Gasteiger partial charge in [-0.3, -0.25) is 9.59 Å². The van der Waals surface area contributed by atoms with Crippen molar-refractivity contribution in [3.05, 3.63) is 47.3 Å². The molecule has 1 heterocycles. The van der Waals surface area contributed by atoms with Gasteiger partial charge in [0.15, 0.2) is 5.69 Å². The second kappa shape index (κ2) is 9.02. The number of para-hydroxylation sites is 1. The van der Waals surface area contributed by atoms with Gasteiger partial charge in [-0.05, 0) is 57.6 Å². The maximum atomic E-state index is 13.5. The van der Waals surface area contributed by atoms with Gasteiger partial charge in [0, 0.05) is 17.8 Å². The molecule has 2 amide bonds. The summed E-state index contributed by atoms with van der Waals surface area (Å²) in [6.07, 6.45) is 9.50. The van der Waals surface area contributed by atoms with Gasteiger partial charge in [-0.25, -0.2) is 4.68 Å². The van der Waals surface area contributed by atoms with Gasteiger partial charge in [0.1, 0.15) is 5.54 Å². The second-order valence-electron chi connectivity index (χ2n) is 8.54. The van der Waals surface area contributed by atoms with E-state index in [1.54, 1.807) is 0 Å². The molecule has 0 radical (unpaired) electrons. The number of hydrogen-bond acceptors (Lipinski definition) is 3. The van der Waals surface area contributed by atoms with Crippen LogP contribution >= 0.6 is 0 Å². The predicted octanol–water partition coefficient (Wildman–Crippen LogP) is 3.71. The molecule has 2 aliphatic carbocycles. The highest BCUT2D eigenvalue weighted by Crippen LogP contribution is 2.31. The zero-order valence-corrected chi connectivity index (χ0v) is 17.9. The lowest BCUT2D eigenvalue weighted by atomic mass is 9.80. The summed E-state index contributed by atoms with van der Waals surface area (Å²) in [5.41, 5.74) is 2.84. The lowest BCUT2D eigenvalue weighted by Crippen LogP contribution is -2.59. The van der Waals surface area contributed by atoms with Crippen LogP contribution in [0, 0.1) is 0 Å². The maximum absolute atomic E-state index is 13.5. The zero-order valence-electron chi connectivity index (χ0n) is 17.9. The van der Waals surface area contributed by atoms with Crippen LogP contribution in [-0.4, -0.2) is 33.7 Å². The third kappa shape index (κ3) is 4.00. The molecule has 0 unspecified atom stereocenters. The van der Waals surface area contributed by atoms with Crippen LogP contribution in [0.2, 0.25) is 0 Å². The van der Waals surface area contributed by atoms with E-state index in [1.807, 2.05) is 41.9 Å². The average molecular weight is 409 g/mol. The minimum absolute atomic E-state index is 0.0633. The Morgan fingerprint density at radius 1 is 1.00 bits per heavy atom. The van der Waals surface area contributed by atoms with Gasteiger partial charge in [-0.15, -0.1) is 0 Å². The summed E-state index contributed by atoms with van der Waals surface area (Å²) in [7, 11) is 0. The number of hydrogen-bond donors (Lipinski definition) is 2. The van der Waals surface area contributed by atoms with Crippen LogP contribution < -0.4 is 10.6 Å². The Morgan fingerprint density at radius 2 is 1.70 bits per heavy atom. The summed E-state index contributed by atoms with van der Waals surface area (Å²) in [6, 6.07) is 10.0. The van der Waals surface area contributed by atoms with Crippen molar-refractivity contribution in [2.24, 2.45) is 0 Å². The number of nitrogens with zero attached hydrogens (tertiary/aromatic N) is 2. The van der Waals surface area contributed by atoms with Crippen molar-refractivity contribution in [2.45, 2.75) is 76.7 Å². The van der Waals surface area contributed by atoms with Gasteiger partial charge >= 0.3 is 0 Å². The smallest absolute Gasteiger partial charge is 0.272 e. The predicted molar refractivity (Wildman–Crippen MR) is 117 cm³/mol. The molecule has 1 aromatic heterocycles. The molecule has 6 nitrogen and oxygen atoms in total. The number of carbonyl (C=O) groups is 2. The molecule has 0 bridgehead atoms. The Hall–Kier alpha value is -2.63. The Kier molecular flexibility index (Phi) is 6.21. The number of amides is 2. The van der Waals surface area contributed by atoms with Crippen LogP contribution in [-0.2, 0) is 17.6 Å². The highest BCUT2D eigenvalue weighted by Gasteiger charge is 2.41. The molecule has 2 aliphatic rings. The van der Waals surface area contributed by atoms with E-state index in [9.17, 15) is 9.59 Å². The first-order chi connectivity index (χ1) is 14.6. The van der Waals surface area contributed by atoms with Gasteiger partial charge in [-0.1, -0.05) is 43.9 Å². The normalized spacial score (nSPS) is 18.2. The van der Waals surface area contributed by atoms with Gasteiger partial charge in [-0.2, -0.15) is 5.10 Å². The Balaban J connectivity index is 1.69. The highest BCUT2D eigenvalue weighted by molar-refractivity contribution is 5.99. The average Bonchev–Trinajstić information content (AvgIpc) is 2.96. The van der Waals surface area contributed by atoms with Gasteiger partial charge < -0.3 is 10.6 Å². The third-order valence-corrected chi connectivity index (χ3v) is 6.48. The zero-order chi connectivity index (χ0) is 21.0. The minimum atomic E-state index is -0.820. The molecule has 0 aliphatic heterocycles. The molecule has 2 aromatic rings. The topological polar surface area (TPSA) is 76.0 Å². The first kappa shape index (κ1) is 20.6. The summed E-state index contributed by atoms with van der Waals surface area (Å²) in [4.78, 5) is 26.4. The molecule has 1 aromatic carbocycles. The van der Waals surface area contributed by atoms with Crippen LogP contribution in [0.25, 0.3) is 5.69 Å². The van der Waals surface area contributed by atoms with Crippen molar-refractivity contribution in [1.29, 1.82) is 0 Å². The van der Waals surface area contributed by atoms with E-state index in [1.165, 1.54) is 0 Å². The Morgan fingerprint density at radius 3 is 2.43 bits per heavy atom.